The van der Waals surface area contributed by atoms with Gasteiger partial charge in [0.1, 0.15) is 0 Å². The van der Waals surface area contributed by atoms with E-state index in [4.69, 9.17) is 5.73 Å². The molecule has 1 aromatic heterocycles. The topological polar surface area (TPSA) is 85.2 Å². The van der Waals surface area contributed by atoms with Gasteiger partial charge in [0.25, 0.3) is 5.91 Å². The summed E-state index contributed by atoms with van der Waals surface area (Å²) in [4.78, 5) is 14.3. The van der Waals surface area contributed by atoms with Crippen molar-refractivity contribution in [2.45, 2.75) is 25.8 Å². The molecule has 20 heavy (non-hydrogen) atoms. The number of nitrogens with zero attached hydrogens (tertiary/aromatic N) is 3. The van der Waals surface area contributed by atoms with Gasteiger partial charge in [0, 0.05) is 6.54 Å². The highest BCUT2D eigenvalue weighted by molar-refractivity contribution is 5.96. The number of carbonyl (C=O) groups excluding carboxylic acids is 1. The summed E-state index contributed by atoms with van der Waals surface area (Å²) in [6.07, 6.45) is 1.91. The Hall–Kier alpha value is -2.37. The molecular formula is C14H16N4O2. The molecule has 1 aliphatic rings. The van der Waals surface area contributed by atoms with Crippen molar-refractivity contribution in [1.82, 2.24) is 15.2 Å². The van der Waals surface area contributed by atoms with E-state index in [1.54, 1.807) is 4.90 Å². The van der Waals surface area contributed by atoms with Gasteiger partial charge in [-0.05, 0) is 41.2 Å². The highest BCUT2D eigenvalue weighted by atomic mass is 16.6. The van der Waals surface area contributed by atoms with Crippen molar-refractivity contribution in [3.8, 4) is 0 Å². The molecule has 3 rings (SSSR count). The van der Waals surface area contributed by atoms with Crippen LogP contribution in [0.1, 0.15) is 40.5 Å². The second kappa shape index (κ2) is 4.96. The van der Waals surface area contributed by atoms with Gasteiger partial charge in [0.05, 0.1) is 6.04 Å². The molecule has 0 bridgehead atoms. The predicted octanol–water partition coefficient (Wildman–Crippen LogP) is 1.94. The van der Waals surface area contributed by atoms with Crippen LogP contribution in [-0.2, 0) is 0 Å². The van der Waals surface area contributed by atoms with Crippen molar-refractivity contribution in [2.75, 3.05) is 12.3 Å². The number of aryl methyl sites for hydroxylation is 1. The molecule has 0 spiro atoms. The summed E-state index contributed by atoms with van der Waals surface area (Å²) in [5.74, 6) is -0.167. The lowest BCUT2D eigenvalue weighted by molar-refractivity contribution is 0.0725. The maximum atomic E-state index is 12.5. The number of amides is 1. The number of benzene rings is 1. The number of likely N-dealkylation sites (tertiary alicyclic amines) is 1. The lowest BCUT2D eigenvalue weighted by Gasteiger charge is -2.25. The summed E-state index contributed by atoms with van der Waals surface area (Å²) in [7, 11) is 0. The van der Waals surface area contributed by atoms with E-state index in [0.717, 1.165) is 12.8 Å². The molecule has 1 aliphatic heterocycles. The van der Waals surface area contributed by atoms with E-state index in [-0.39, 0.29) is 23.5 Å². The second-order valence-electron chi connectivity index (χ2n) is 5.01. The molecule has 2 aromatic rings. The van der Waals surface area contributed by atoms with Crippen molar-refractivity contribution in [3.63, 3.8) is 0 Å². The first kappa shape index (κ1) is 12.7. The number of nitrogen functional groups attached to an aromatic ring is 1. The van der Waals surface area contributed by atoms with Crippen molar-refractivity contribution in [1.29, 1.82) is 0 Å². The molecule has 1 amide bonds. The number of carbonyl (C=O) groups is 1. The summed E-state index contributed by atoms with van der Waals surface area (Å²) < 4.78 is 4.52. The number of anilines is 1. The van der Waals surface area contributed by atoms with E-state index < -0.39 is 0 Å². The van der Waals surface area contributed by atoms with E-state index in [0.29, 0.717) is 6.54 Å². The maximum Gasteiger partial charge on any atom is 0.280 e. The van der Waals surface area contributed by atoms with Gasteiger partial charge in [-0.2, -0.15) is 0 Å². The molecule has 0 saturated carbocycles. The Bertz CT molecular complexity index is 638. The molecule has 2 heterocycles. The quantitative estimate of drug-likeness (QED) is 0.903. The predicted molar refractivity (Wildman–Crippen MR) is 72.9 cm³/mol. The van der Waals surface area contributed by atoms with Crippen LogP contribution < -0.4 is 5.73 Å². The Morgan fingerprint density at radius 3 is 2.90 bits per heavy atom. The fourth-order valence-electron chi connectivity index (χ4n) is 2.77. The van der Waals surface area contributed by atoms with Crippen LogP contribution in [0.15, 0.2) is 28.9 Å². The van der Waals surface area contributed by atoms with Crippen LogP contribution in [0, 0.1) is 6.92 Å². The zero-order chi connectivity index (χ0) is 14.1. The van der Waals surface area contributed by atoms with Crippen LogP contribution in [0.25, 0.3) is 0 Å². The zero-order valence-corrected chi connectivity index (χ0v) is 11.2. The smallest absolute Gasteiger partial charge is 0.280 e. The normalized spacial score (nSPS) is 18.4. The average Bonchev–Trinajstić information content (AvgIpc) is 3.07. The third kappa shape index (κ3) is 2.03. The number of hydrogen-bond acceptors (Lipinski definition) is 5. The molecule has 6 nitrogen and oxygen atoms in total. The molecule has 0 radical (unpaired) electrons. The van der Waals surface area contributed by atoms with Gasteiger partial charge in [0.2, 0.25) is 11.5 Å². The van der Waals surface area contributed by atoms with Crippen LogP contribution in [0.4, 0.5) is 5.82 Å². The Balaban J connectivity index is 1.92. The Morgan fingerprint density at radius 1 is 1.40 bits per heavy atom. The second-order valence-corrected chi connectivity index (χ2v) is 5.01. The van der Waals surface area contributed by atoms with Crippen LogP contribution in [0.2, 0.25) is 0 Å². The van der Waals surface area contributed by atoms with Gasteiger partial charge in [-0.25, -0.2) is 4.63 Å². The standard InChI is InChI=1S/C14H16N4O2/c1-9-5-2-3-6-10(9)11-7-4-8-18(11)14(19)12-13(15)17-20-16-12/h2-3,5-6,11H,4,7-8H2,1H3,(H2,15,17). The molecular weight excluding hydrogens is 256 g/mol. The number of aromatic nitrogens is 2. The van der Waals surface area contributed by atoms with E-state index in [1.807, 2.05) is 12.1 Å². The van der Waals surface area contributed by atoms with E-state index in [1.165, 1.54) is 11.1 Å². The van der Waals surface area contributed by atoms with E-state index in [2.05, 4.69) is 34.0 Å². The van der Waals surface area contributed by atoms with Crippen LogP contribution in [0.3, 0.4) is 0 Å². The SMILES string of the molecule is Cc1ccccc1C1CCCN1C(=O)c1nonc1N. The highest BCUT2D eigenvalue weighted by Crippen LogP contribution is 2.34. The Morgan fingerprint density at radius 2 is 2.20 bits per heavy atom. The molecule has 104 valence electrons. The molecule has 1 atom stereocenters. The van der Waals surface area contributed by atoms with Gasteiger partial charge in [0.15, 0.2) is 0 Å². The van der Waals surface area contributed by atoms with E-state index in [9.17, 15) is 4.79 Å². The molecule has 2 N–H and O–H groups in total. The summed E-state index contributed by atoms with van der Waals surface area (Å²) >= 11 is 0. The molecule has 1 aromatic carbocycles. The zero-order valence-electron chi connectivity index (χ0n) is 11.2. The summed E-state index contributed by atoms with van der Waals surface area (Å²) in [5, 5.41) is 7.08. The minimum absolute atomic E-state index is 0.0467. The van der Waals surface area contributed by atoms with Gasteiger partial charge in [-0.1, -0.05) is 24.3 Å². The minimum Gasteiger partial charge on any atom is -0.379 e. The van der Waals surface area contributed by atoms with Crippen LogP contribution in [0.5, 0.6) is 0 Å². The van der Waals surface area contributed by atoms with Crippen LogP contribution in [-0.4, -0.2) is 27.7 Å². The first-order valence-electron chi connectivity index (χ1n) is 6.63. The van der Waals surface area contributed by atoms with Crippen molar-refractivity contribution in [3.05, 3.63) is 41.1 Å². The lowest BCUT2D eigenvalue weighted by atomic mass is 9.99. The summed E-state index contributed by atoms with van der Waals surface area (Å²) in [6, 6.07) is 8.19. The molecule has 1 fully saturated rings. The molecule has 6 heteroatoms. The highest BCUT2D eigenvalue weighted by Gasteiger charge is 2.33. The van der Waals surface area contributed by atoms with Gasteiger partial charge < -0.3 is 10.6 Å². The van der Waals surface area contributed by atoms with Gasteiger partial charge >= 0.3 is 0 Å². The maximum absolute atomic E-state index is 12.5. The van der Waals surface area contributed by atoms with Crippen molar-refractivity contribution in [2.24, 2.45) is 0 Å². The fraction of sp³-hybridized carbons (Fsp3) is 0.357. The molecule has 1 saturated heterocycles. The third-order valence-corrected chi connectivity index (χ3v) is 3.78. The Labute approximate surface area is 116 Å². The van der Waals surface area contributed by atoms with Gasteiger partial charge in [-0.3, -0.25) is 4.79 Å². The Kier molecular flexibility index (Phi) is 3.14. The fourth-order valence-corrected chi connectivity index (χ4v) is 2.77. The number of nitrogens with two attached hydrogens (primary N) is 1. The van der Waals surface area contributed by atoms with Crippen molar-refractivity contribution < 1.29 is 9.42 Å². The molecule has 0 aliphatic carbocycles. The summed E-state index contributed by atoms with van der Waals surface area (Å²) in [6.45, 7) is 2.76. The number of rotatable bonds is 2. The average molecular weight is 272 g/mol. The van der Waals surface area contributed by atoms with E-state index >= 15 is 0 Å². The monoisotopic (exact) mass is 272 g/mol. The van der Waals surface area contributed by atoms with Crippen LogP contribution >= 0.6 is 0 Å². The first-order valence-corrected chi connectivity index (χ1v) is 6.63. The first-order chi connectivity index (χ1) is 9.68. The summed E-state index contributed by atoms with van der Waals surface area (Å²) in [5.41, 5.74) is 8.07. The lowest BCUT2D eigenvalue weighted by Crippen LogP contribution is -2.31. The van der Waals surface area contributed by atoms with Gasteiger partial charge in [-0.15, -0.1) is 0 Å². The third-order valence-electron chi connectivity index (χ3n) is 3.78. The molecule has 1 unspecified atom stereocenters. The van der Waals surface area contributed by atoms with Crippen molar-refractivity contribution >= 4 is 11.7 Å². The minimum atomic E-state index is -0.213. The largest absolute Gasteiger partial charge is 0.379 e. The number of hydrogen-bond donors (Lipinski definition) is 1.